The van der Waals surface area contributed by atoms with E-state index in [9.17, 15) is 5.11 Å². The van der Waals surface area contributed by atoms with Crippen LogP contribution in [0.5, 0.6) is 0 Å². The standard InChI is InChI=1S/C10H18O/c1-8(11)10-6-2-4-9(10)5-3-7-10/h8-9,11H,2-7H2,1H3. The van der Waals surface area contributed by atoms with Gasteiger partial charge < -0.3 is 5.11 Å². The third-order valence-electron chi connectivity index (χ3n) is 4.03. The Morgan fingerprint density at radius 1 is 1.27 bits per heavy atom. The largest absolute Gasteiger partial charge is 0.393 e. The van der Waals surface area contributed by atoms with Gasteiger partial charge in [-0.15, -0.1) is 0 Å². The van der Waals surface area contributed by atoms with Crippen LogP contribution in [0.2, 0.25) is 0 Å². The number of hydrogen-bond donors (Lipinski definition) is 1. The van der Waals surface area contributed by atoms with Crippen molar-refractivity contribution in [3.63, 3.8) is 0 Å². The molecule has 64 valence electrons. The van der Waals surface area contributed by atoms with Crippen molar-refractivity contribution in [2.75, 3.05) is 0 Å². The van der Waals surface area contributed by atoms with E-state index in [1.807, 2.05) is 6.92 Å². The number of fused-ring (bicyclic) bond motifs is 1. The third-order valence-corrected chi connectivity index (χ3v) is 4.03. The topological polar surface area (TPSA) is 20.2 Å². The molecule has 0 aromatic heterocycles. The van der Waals surface area contributed by atoms with E-state index < -0.39 is 0 Å². The molecule has 0 amide bonds. The molecule has 0 radical (unpaired) electrons. The zero-order chi connectivity index (χ0) is 7.90. The maximum absolute atomic E-state index is 9.71. The molecule has 1 heteroatoms. The molecule has 0 bridgehead atoms. The van der Waals surface area contributed by atoms with Crippen LogP contribution in [-0.2, 0) is 0 Å². The molecule has 1 unspecified atom stereocenters. The van der Waals surface area contributed by atoms with Crippen LogP contribution in [0.4, 0.5) is 0 Å². The number of rotatable bonds is 1. The zero-order valence-corrected chi connectivity index (χ0v) is 7.34. The third kappa shape index (κ3) is 0.936. The van der Waals surface area contributed by atoms with Crippen molar-refractivity contribution in [3.8, 4) is 0 Å². The SMILES string of the molecule is CC(O)C12CCCC1CCC2. The van der Waals surface area contributed by atoms with Gasteiger partial charge in [0.2, 0.25) is 0 Å². The Bertz CT molecular complexity index is 141. The van der Waals surface area contributed by atoms with E-state index in [2.05, 4.69) is 0 Å². The van der Waals surface area contributed by atoms with E-state index in [0.29, 0.717) is 5.41 Å². The van der Waals surface area contributed by atoms with Crippen LogP contribution >= 0.6 is 0 Å². The summed E-state index contributed by atoms with van der Waals surface area (Å²) >= 11 is 0. The van der Waals surface area contributed by atoms with Crippen molar-refractivity contribution in [2.45, 2.75) is 51.6 Å². The maximum Gasteiger partial charge on any atom is 0.0570 e. The van der Waals surface area contributed by atoms with Crippen molar-refractivity contribution in [1.82, 2.24) is 0 Å². The first-order valence-electron chi connectivity index (χ1n) is 4.94. The fourth-order valence-electron chi connectivity index (χ4n) is 3.37. The molecule has 0 aromatic carbocycles. The average Bonchev–Trinajstić information content (AvgIpc) is 2.40. The molecule has 2 aliphatic rings. The summed E-state index contributed by atoms with van der Waals surface area (Å²) in [6.45, 7) is 1.99. The first kappa shape index (κ1) is 7.60. The van der Waals surface area contributed by atoms with E-state index >= 15 is 0 Å². The molecule has 2 aliphatic carbocycles. The van der Waals surface area contributed by atoms with Crippen LogP contribution in [0.1, 0.15) is 45.4 Å². The number of aliphatic hydroxyl groups is 1. The fourth-order valence-corrected chi connectivity index (χ4v) is 3.37. The smallest absolute Gasteiger partial charge is 0.0570 e. The van der Waals surface area contributed by atoms with Crippen molar-refractivity contribution in [2.24, 2.45) is 11.3 Å². The Morgan fingerprint density at radius 2 is 1.82 bits per heavy atom. The van der Waals surface area contributed by atoms with Gasteiger partial charge >= 0.3 is 0 Å². The Labute approximate surface area is 68.8 Å². The van der Waals surface area contributed by atoms with E-state index in [-0.39, 0.29) is 6.10 Å². The minimum Gasteiger partial charge on any atom is -0.393 e. The van der Waals surface area contributed by atoms with Crippen LogP contribution < -0.4 is 0 Å². The molecule has 0 aliphatic heterocycles. The second-order valence-corrected chi connectivity index (χ2v) is 4.39. The first-order chi connectivity index (χ1) is 5.26. The fraction of sp³-hybridized carbons (Fsp3) is 1.00. The lowest BCUT2D eigenvalue weighted by Gasteiger charge is -2.32. The van der Waals surface area contributed by atoms with Gasteiger partial charge in [0.15, 0.2) is 0 Å². The molecular formula is C10H18O. The highest BCUT2D eigenvalue weighted by Gasteiger charge is 2.48. The normalized spacial score (nSPS) is 45.8. The van der Waals surface area contributed by atoms with Gasteiger partial charge in [-0.2, -0.15) is 0 Å². The number of hydrogen-bond acceptors (Lipinski definition) is 1. The highest BCUT2D eigenvalue weighted by atomic mass is 16.3. The van der Waals surface area contributed by atoms with Crippen LogP contribution in [0.25, 0.3) is 0 Å². The van der Waals surface area contributed by atoms with Gasteiger partial charge in [-0.05, 0) is 43.9 Å². The molecule has 2 fully saturated rings. The molecular weight excluding hydrogens is 136 g/mol. The maximum atomic E-state index is 9.71. The van der Waals surface area contributed by atoms with Crippen molar-refractivity contribution in [3.05, 3.63) is 0 Å². The minimum absolute atomic E-state index is 0.0579. The Balaban J connectivity index is 2.20. The van der Waals surface area contributed by atoms with E-state index in [1.54, 1.807) is 0 Å². The molecule has 0 heterocycles. The van der Waals surface area contributed by atoms with Crippen molar-refractivity contribution in [1.29, 1.82) is 0 Å². The molecule has 11 heavy (non-hydrogen) atoms. The summed E-state index contributed by atoms with van der Waals surface area (Å²) in [5.41, 5.74) is 0.361. The van der Waals surface area contributed by atoms with Crippen LogP contribution in [0, 0.1) is 11.3 Å². The summed E-state index contributed by atoms with van der Waals surface area (Å²) in [6, 6.07) is 0. The van der Waals surface area contributed by atoms with Gasteiger partial charge in [-0.1, -0.05) is 12.8 Å². The van der Waals surface area contributed by atoms with E-state index in [4.69, 9.17) is 0 Å². The monoisotopic (exact) mass is 154 g/mol. The van der Waals surface area contributed by atoms with Crippen molar-refractivity contribution < 1.29 is 5.11 Å². The van der Waals surface area contributed by atoms with Gasteiger partial charge in [0.25, 0.3) is 0 Å². The lowest BCUT2D eigenvalue weighted by molar-refractivity contribution is 0.0245. The Kier molecular flexibility index (Phi) is 1.71. The summed E-state index contributed by atoms with van der Waals surface area (Å²) < 4.78 is 0. The summed E-state index contributed by atoms with van der Waals surface area (Å²) in [7, 11) is 0. The highest BCUT2D eigenvalue weighted by Crippen LogP contribution is 2.55. The van der Waals surface area contributed by atoms with Gasteiger partial charge in [-0.25, -0.2) is 0 Å². The Hall–Kier alpha value is -0.0400. The second-order valence-electron chi connectivity index (χ2n) is 4.39. The van der Waals surface area contributed by atoms with Crippen LogP contribution in [0.3, 0.4) is 0 Å². The molecule has 2 rings (SSSR count). The minimum atomic E-state index is -0.0579. The summed E-state index contributed by atoms with van der Waals surface area (Å²) in [4.78, 5) is 0. The zero-order valence-electron chi connectivity index (χ0n) is 7.34. The predicted octanol–water partition coefficient (Wildman–Crippen LogP) is 2.34. The molecule has 2 saturated carbocycles. The van der Waals surface area contributed by atoms with E-state index in [0.717, 1.165) is 5.92 Å². The quantitative estimate of drug-likeness (QED) is 0.614. The van der Waals surface area contributed by atoms with E-state index in [1.165, 1.54) is 38.5 Å². The van der Waals surface area contributed by atoms with Crippen molar-refractivity contribution >= 4 is 0 Å². The van der Waals surface area contributed by atoms with Gasteiger partial charge in [0.1, 0.15) is 0 Å². The van der Waals surface area contributed by atoms with Gasteiger partial charge in [0, 0.05) is 0 Å². The highest BCUT2D eigenvalue weighted by molar-refractivity contribution is 4.99. The number of aliphatic hydroxyl groups excluding tert-OH is 1. The van der Waals surface area contributed by atoms with Gasteiger partial charge in [0.05, 0.1) is 6.10 Å². The lowest BCUT2D eigenvalue weighted by atomic mass is 9.76. The first-order valence-corrected chi connectivity index (χ1v) is 4.94. The van der Waals surface area contributed by atoms with Crippen LogP contribution in [-0.4, -0.2) is 11.2 Å². The molecule has 1 atom stereocenters. The second kappa shape index (κ2) is 2.48. The molecule has 0 spiro atoms. The predicted molar refractivity (Wildman–Crippen MR) is 45.3 cm³/mol. The average molecular weight is 154 g/mol. The Morgan fingerprint density at radius 3 is 2.18 bits per heavy atom. The molecule has 0 aromatic rings. The molecule has 1 nitrogen and oxygen atoms in total. The molecule has 0 saturated heterocycles. The summed E-state index contributed by atoms with van der Waals surface area (Å²) in [6.07, 6.45) is 7.99. The summed E-state index contributed by atoms with van der Waals surface area (Å²) in [5, 5.41) is 9.71. The van der Waals surface area contributed by atoms with Crippen LogP contribution in [0.15, 0.2) is 0 Å². The summed E-state index contributed by atoms with van der Waals surface area (Å²) in [5.74, 6) is 0.863. The van der Waals surface area contributed by atoms with Gasteiger partial charge in [-0.3, -0.25) is 0 Å². The lowest BCUT2D eigenvalue weighted by Crippen LogP contribution is -2.32. The molecule has 1 N–H and O–H groups in total.